The van der Waals surface area contributed by atoms with Crippen LogP contribution in [0.25, 0.3) is 0 Å². The molecule has 1 aromatic carbocycles. The summed E-state index contributed by atoms with van der Waals surface area (Å²) in [6, 6.07) is 6.42. The van der Waals surface area contributed by atoms with Crippen molar-refractivity contribution in [1.82, 2.24) is 4.98 Å². The van der Waals surface area contributed by atoms with Gasteiger partial charge in [-0.25, -0.2) is 18.2 Å². The van der Waals surface area contributed by atoms with Gasteiger partial charge in [-0.1, -0.05) is 12.1 Å². The molecule has 106 valence electrons. The molecular weight excluding hydrogens is 300 g/mol. The molecule has 0 aliphatic carbocycles. The molecule has 2 aromatic rings. The predicted octanol–water partition coefficient (Wildman–Crippen LogP) is 1.86. The lowest BCUT2D eigenvalue weighted by molar-refractivity contribution is 0.0692. The van der Waals surface area contributed by atoms with E-state index in [1.54, 1.807) is 12.1 Å². The molecule has 0 amide bonds. The fraction of sp³-hybridized carbons (Fsp3) is 0.167. The van der Waals surface area contributed by atoms with Crippen LogP contribution in [0.2, 0.25) is 0 Å². The highest BCUT2D eigenvalue weighted by atomic mass is 32.2. The Morgan fingerprint density at radius 2 is 2.00 bits per heavy atom. The number of carboxylic acids is 1. The average Bonchev–Trinajstić information content (AvgIpc) is 2.84. The summed E-state index contributed by atoms with van der Waals surface area (Å²) in [5.74, 6) is -1.08. The van der Waals surface area contributed by atoms with Crippen LogP contribution >= 0.6 is 11.3 Å². The zero-order valence-corrected chi connectivity index (χ0v) is 12.2. The molecule has 0 aliphatic rings. The number of carboxylic acid groups (broad SMARTS) is 1. The second-order valence-electron chi connectivity index (χ2n) is 4.10. The summed E-state index contributed by atoms with van der Waals surface area (Å²) in [6.45, 7) is 0.395. The second-order valence-corrected chi connectivity index (χ2v) is 6.98. The first-order chi connectivity index (χ1) is 9.38. The zero-order valence-electron chi connectivity index (χ0n) is 10.5. The summed E-state index contributed by atoms with van der Waals surface area (Å²) in [4.78, 5) is 14.9. The Kier molecular flexibility index (Phi) is 4.05. The summed E-state index contributed by atoms with van der Waals surface area (Å²) < 4.78 is 22.6. The van der Waals surface area contributed by atoms with Gasteiger partial charge in [0.05, 0.1) is 10.4 Å². The highest BCUT2D eigenvalue weighted by molar-refractivity contribution is 7.90. The number of carbonyl (C=O) groups is 1. The molecule has 2 rings (SSSR count). The number of anilines is 1. The first-order valence-electron chi connectivity index (χ1n) is 5.57. The molecule has 6 nitrogen and oxygen atoms in total. The summed E-state index contributed by atoms with van der Waals surface area (Å²) >= 11 is 1.21. The van der Waals surface area contributed by atoms with Crippen LogP contribution in [0.4, 0.5) is 5.00 Å². The van der Waals surface area contributed by atoms with Gasteiger partial charge in [0.15, 0.2) is 15.5 Å². The Hall–Kier alpha value is -1.93. The Labute approximate surface area is 120 Å². The van der Waals surface area contributed by atoms with Crippen molar-refractivity contribution in [1.29, 1.82) is 0 Å². The lowest BCUT2D eigenvalue weighted by atomic mass is 10.2. The molecule has 8 heteroatoms. The normalized spacial score (nSPS) is 11.2. The van der Waals surface area contributed by atoms with Crippen LogP contribution in [0.1, 0.15) is 16.1 Å². The van der Waals surface area contributed by atoms with Gasteiger partial charge in [0.25, 0.3) is 0 Å². The third-order valence-electron chi connectivity index (χ3n) is 2.57. The van der Waals surface area contributed by atoms with Crippen LogP contribution in [-0.4, -0.2) is 30.7 Å². The van der Waals surface area contributed by atoms with E-state index in [9.17, 15) is 13.2 Å². The van der Waals surface area contributed by atoms with Gasteiger partial charge < -0.3 is 10.4 Å². The van der Waals surface area contributed by atoms with Gasteiger partial charge in [-0.3, -0.25) is 0 Å². The molecule has 0 saturated heterocycles. The molecule has 0 radical (unpaired) electrons. The number of aromatic carboxylic acids is 1. The summed E-state index contributed by atoms with van der Waals surface area (Å²) in [5, 5.41) is 12.4. The van der Waals surface area contributed by atoms with Crippen LogP contribution in [0.3, 0.4) is 0 Å². The minimum absolute atomic E-state index is 0.0113. The molecule has 0 atom stereocenters. The summed E-state index contributed by atoms with van der Waals surface area (Å²) in [5.41, 5.74) is 2.29. The van der Waals surface area contributed by atoms with Gasteiger partial charge in [-0.05, 0) is 17.7 Å². The van der Waals surface area contributed by atoms with Crippen molar-refractivity contribution in [2.24, 2.45) is 0 Å². The van der Waals surface area contributed by atoms with Crippen molar-refractivity contribution in [2.75, 3.05) is 11.6 Å². The zero-order chi connectivity index (χ0) is 14.8. The van der Waals surface area contributed by atoms with Gasteiger partial charge in [0.2, 0.25) is 0 Å². The maximum absolute atomic E-state index is 11.3. The first-order valence-corrected chi connectivity index (χ1v) is 8.34. The molecule has 2 N–H and O–H groups in total. The van der Waals surface area contributed by atoms with Gasteiger partial charge in [-0.2, -0.15) is 0 Å². The van der Waals surface area contributed by atoms with Crippen molar-refractivity contribution in [3.8, 4) is 0 Å². The maximum Gasteiger partial charge on any atom is 0.357 e. The number of rotatable bonds is 5. The largest absolute Gasteiger partial charge is 0.476 e. The lowest BCUT2D eigenvalue weighted by Crippen LogP contribution is -2.05. The number of sulfone groups is 1. The van der Waals surface area contributed by atoms with Gasteiger partial charge in [-0.15, -0.1) is 11.3 Å². The molecule has 0 aliphatic heterocycles. The van der Waals surface area contributed by atoms with E-state index in [1.807, 2.05) is 0 Å². The molecule has 1 aromatic heterocycles. The lowest BCUT2D eigenvalue weighted by Gasteiger charge is -2.05. The molecular formula is C12H12N2O4S2. The quantitative estimate of drug-likeness (QED) is 0.874. The minimum atomic E-state index is -3.20. The van der Waals surface area contributed by atoms with Crippen LogP contribution < -0.4 is 5.32 Å². The van der Waals surface area contributed by atoms with E-state index in [1.165, 1.54) is 29.0 Å². The standard InChI is InChI=1S/C12H12N2O4S2/c1-20(17,18)9-4-2-8(3-5-9)6-13-11-10(12(15)16)14-7-19-11/h2-5,7,13H,6H2,1H3,(H,15,16). The summed E-state index contributed by atoms with van der Waals surface area (Å²) in [7, 11) is -3.20. The van der Waals surface area contributed by atoms with Gasteiger partial charge in [0, 0.05) is 12.8 Å². The molecule has 0 bridgehead atoms. The monoisotopic (exact) mass is 312 g/mol. The molecule has 0 fully saturated rings. The van der Waals surface area contributed by atoms with E-state index >= 15 is 0 Å². The molecule has 1 heterocycles. The highest BCUT2D eigenvalue weighted by Crippen LogP contribution is 2.21. The van der Waals surface area contributed by atoms with E-state index in [-0.39, 0.29) is 10.6 Å². The number of thiazole rings is 1. The third kappa shape index (κ3) is 3.34. The molecule has 0 saturated carbocycles. The number of nitrogens with zero attached hydrogens (tertiary/aromatic N) is 1. The highest BCUT2D eigenvalue weighted by Gasteiger charge is 2.13. The van der Waals surface area contributed by atoms with Crippen LogP contribution in [0, 0.1) is 0 Å². The number of nitrogens with one attached hydrogen (secondary N) is 1. The maximum atomic E-state index is 11.3. The number of hydrogen-bond acceptors (Lipinski definition) is 6. The number of benzene rings is 1. The first kappa shape index (κ1) is 14.5. The Bertz CT molecular complexity index is 720. The van der Waals surface area contributed by atoms with Gasteiger partial charge >= 0.3 is 5.97 Å². The predicted molar refractivity (Wildman–Crippen MR) is 76.0 cm³/mol. The van der Waals surface area contributed by atoms with Crippen LogP contribution in [-0.2, 0) is 16.4 Å². The molecule has 0 spiro atoms. The van der Waals surface area contributed by atoms with Crippen molar-refractivity contribution in [3.05, 3.63) is 41.0 Å². The average molecular weight is 312 g/mol. The Morgan fingerprint density at radius 1 is 1.35 bits per heavy atom. The fourth-order valence-electron chi connectivity index (χ4n) is 1.56. The fourth-order valence-corrected chi connectivity index (χ4v) is 2.86. The topological polar surface area (TPSA) is 96.4 Å². The number of aromatic nitrogens is 1. The van der Waals surface area contributed by atoms with Crippen molar-refractivity contribution >= 4 is 32.1 Å². The van der Waals surface area contributed by atoms with E-state index in [2.05, 4.69) is 10.3 Å². The Balaban J connectivity index is 2.08. The van der Waals surface area contributed by atoms with Gasteiger partial charge in [0.1, 0.15) is 5.00 Å². The van der Waals surface area contributed by atoms with E-state index in [0.717, 1.165) is 11.8 Å². The van der Waals surface area contributed by atoms with Crippen molar-refractivity contribution in [2.45, 2.75) is 11.4 Å². The minimum Gasteiger partial charge on any atom is -0.476 e. The Morgan fingerprint density at radius 3 is 2.55 bits per heavy atom. The van der Waals surface area contributed by atoms with Crippen LogP contribution in [0.15, 0.2) is 34.7 Å². The smallest absolute Gasteiger partial charge is 0.357 e. The molecule has 20 heavy (non-hydrogen) atoms. The second kappa shape index (κ2) is 5.59. The molecule has 0 unspecified atom stereocenters. The van der Waals surface area contributed by atoms with E-state index in [0.29, 0.717) is 11.5 Å². The number of hydrogen-bond donors (Lipinski definition) is 2. The van der Waals surface area contributed by atoms with Crippen LogP contribution in [0.5, 0.6) is 0 Å². The summed E-state index contributed by atoms with van der Waals surface area (Å²) in [6.07, 6.45) is 1.15. The third-order valence-corrected chi connectivity index (χ3v) is 4.49. The van der Waals surface area contributed by atoms with Crippen molar-refractivity contribution < 1.29 is 18.3 Å². The SMILES string of the molecule is CS(=O)(=O)c1ccc(CNc2scnc2C(=O)O)cc1. The van der Waals surface area contributed by atoms with Crippen molar-refractivity contribution in [3.63, 3.8) is 0 Å². The van der Waals surface area contributed by atoms with E-state index in [4.69, 9.17) is 5.11 Å². The van der Waals surface area contributed by atoms with E-state index < -0.39 is 15.8 Å².